The zero-order valence-corrected chi connectivity index (χ0v) is 15.4. The van der Waals surface area contributed by atoms with Gasteiger partial charge in [0.2, 0.25) is 0 Å². The van der Waals surface area contributed by atoms with Gasteiger partial charge in [-0.2, -0.15) is 0 Å². The number of hydrogen-bond acceptors (Lipinski definition) is 2. The first-order valence-electron chi connectivity index (χ1n) is 8.73. The van der Waals surface area contributed by atoms with E-state index in [4.69, 9.17) is 0 Å². The Morgan fingerprint density at radius 3 is 2.09 bits per heavy atom. The lowest BCUT2D eigenvalue weighted by Crippen LogP contribution is -2.51. The minimum atomic E-state index is -1.28. The Kier molecular flexibility index (Phi) is 4.30. The van der Waals surface area contributed by atoms with Gasteiger partial charge in [0.25, 0.3) is 0 Å². The summed E-state index contributed by atoms with van der Waals surface area (Å²) in [5.74, 6) is 0.622. The van der Waals surface area contributed by atoms with Crippen LogP contribution in [0.5, 0.6) is 0 Å². The Hall–Kier alpha value is -0.933. The van der Waals surface area contributed by atoms with E-state index >= 15 is 0 Å². The van der Waals surface area contributed by atoms with Gasteiger partial charge < -0.3 is 4.90 Å². The predicted octanol–water partition coefficient (Wildman–Crippen LogP) is 3.68. The Balaban J connectivity index is 1.74. The normalized spacial score (nSPS) is 29.4. The van der Waals surface area contributed by atoms with E-state index in [-0.39, 0.29) is 5.92 Å². The maximum absolute atomic E-state index is 12.9. The van der Waals surface area contributed by atoms with Crippen LogP contribution in [-0.4, -0.2) is 37.9 Å². The first kappa shape index (κ1) is 15.9. The summed E-state index contributed by atoms with van der Waals surface area (Å²) in [5.41, 5.74) is 0.926. The number of carbonyl (C=O) groups is 1. The van der Waals surface area contributed by atoms with Crippen LogP contribution >= 0.6 is 0 Å². The minimum Gasteiger partial charge on any atom is -0.300 e. The second-order valence-electron chi connectivity index (χ2n) is 8.26. The third-order valence-corrected chi connectivity index (χ3v) is 7.81. The molecule has 1 aromatic carbocycles. The van der Waals surface area contributed by atoms with Crippen molar-refractivity contribution in [3.8, 4) is 0 Å². The Bertz CT molecular complexity index is 532. The SMILES string of the molecule is CN1C2CCCC1CC(C(=O)c1ccc([Si](C)(C)C)cc1)C2. The lowest BCUT2D eigenvalue weighted by molar-refractivity contribution is 0.0338. The molecular formula is C19H29NOSi. The van der Waals surface area contributed by atoms with Gasteiger partial charge in [-0.05, 0) is 32.7 Å². The van der Waals surface area contributed by atoms with Crippen LogP contribution < -0.4 is 5.19 Å². The monoisotopic (exact) mass is 315 g/mol. The molecule has 0 saturated carbocycles. The van der Waals surface area contributed by atoms with Crippen molar-refractivity contribution < 1.29 is 4.79 Å². The van der Waals surface area contributed by atoms with Crippen LogP contribution in [0.4, 0.5) is 0 Å². The van der Waals surface area contributed by atoms with Crippen molar-refractivity contribution in [2.24, 2.45) is 5.92 Å². The second-order valence-corrected chi connectivity index (χ2v) is 13.3. The van der Waals surface area contributed by atoms with Crippen LogP contribution in [0.25, 0.3) is 0 Å². The van der Waals surface area contributed by atoms with Crippen LogP contribution in [0, 0.1) is 5.92 Å². The number of benzene rings is 1. The molecule has 2 aliphatic heterocycles. The number of piperidine rings is 2. The average molecular weight is 316 g/mol. The molecule has 2 heterocycles. The fraction of sp³-hybridized carbons (Fsp3) is 0.632. The quantitative estimate of drug-likeness (QED) is 0.626. The van der Waals surface area contributed by atoms with Gasteiger partial charge in [0.15, 0.2) is 5.78 Å². The topological polar surface area (TPSA) is 20.3 Å². The number of Topliss-reactive ketones (excluding diaryl/α,β-unsaturated/α-hetero) is 1. The van der Waals surface area contributed by atoms with Crippen molar-refractivity contribution in [2.75, 3.05) is 7.05 Å². The first-order valence-corrected chi connectivity index (χ1v) is 12.2. The fourth-order valence-corrected chi connectivity index (χ4v) is 5.37. The molecule has 0 radical (unpaired) electrons. The van der Waals surface area contributed by atoms with Crippen molar-refractivity contribution in [1.29, 1.82) is 0 Å². The van der Waals surface area contributed by atoms with Gasteiger partial charge in [-0.25, -0.2) is 0 Å². The highest BCUT2D eigenvalue weighted by molar-refractivity contribution is 6.88. The fourth-order valence-electron chi connectivity index (χ4n) is 4.20. The highest BCUT2D eigenvalue weighted by atomic mass is 28.3. The number of ketones is 1. The van der Waals surface area contributed by atoms with E-state index in [1.807, 2.05) is 0 Å². The second kappa shape index (κ2) is 5.93. The van der Waals surface area contributed by atoms with Gasteiger partial charge >= 0.3 is 0 Å². The Labute approximate surface area is 135 Å². The number of carbonyl (C=O) groups excluding carboxylic acids is 1. The third kappa shape index (κ3) is 3.06. The van der Waals surface area contributed by atoms with Gasteiger partial charge in [0.1, 0.15) is 0 Å². The van der Waals surface area contributed by atoms with E-state index in [2.05, 4.69) is 55.9 Å². The number of nitrogens with zero attached hydrogens (tertiary/aromatic N) is 1. The molecule has 2 unspecified atom stereocenters. The van der Waals surface area contributed by atoms with E-state index in [0.717, 1.165) is 18.4 Å². The Morgan fingerprint density at radius 1 is 1.05 bits per heavy atom. The van der Waals surface area contributed by atoms with E-state index in [1.165, 1.54) is 24.4 Å². The molecule has 0 aliphatic carbocycles. The molecular weight excluding hydrogens is 286 g/mol. The molecule has 22 heavy (non-hydrogen) atoms. The molecule has 2 atom stereocenters. The predicted molar refractivity (Wildman–Crippen MR) is 95.7 cm³/mol. The van der Waals surface area contributed by atoms with Crippen LogP contribution in [0.15, 0.2) is 24.3 Å². The van der Waals surface area contributed by atoms with Crippen molar-refractivity contribution in [1.82, 2.24) is 4.90 Å². The van der Waals surface area contributed by atoms with Gasteiger partial charge in [-0.15, -0.1) is 0 Å². The highest BCUT2D eigenvalue weighted by Gasteiger charge is 2.38. The molecule has 2 fully saturated rings. The lowest BCUT2D eigenvalue weighted by atomic mass is 9.76. The molecule has 120 valence electrons. The minimum absolute atomic E-state index is 0.240. The maximum Gasteiger partial charge on any atom is 0.166 e. The van der Waals surface area contributed by atoms with E-state index in [0.29, 0.717) is 17.9 Å². The molecule has 3 rings (SSSR count). The molecule has 1 aromatic rings. The summed E-state index contributed by atoms with van der Waals surface area (Å²) in [5, 5.41) is 1.43. The molecule has 0 N–H and O–H groups in total. The number of hydrogen-bond donors (Lipinski definition) is 0. The summed E-state index contributed by atoms with van der Waals surface area (Å²) in [4.78, 5) is 15.4. The van der Waals surface area contributed by atoms with Gasteiger partial charge in [-0.1, -0.05) is 55.5 Å². The summed E-state index contributed by atoms with van der Waals surface area (Å²) < 4.78 is 0. The Morgan fingerprint density at radius 2 is 1.59 bits per heavy atom. The maximum atomic E-state index is 12.9. The molecule has 2 aliphatic rings. The summed E-state index contributed by atoms with van der Waals surface area (Å²) >= 11 is 0. The smallest absolute Gasteiger partial charge is 0.166 e. The molecule has 2 nitrogen and oxygen atoms in total. The largest absolute Gasteiger partial charge is 0.300 e. The van der Waals surface area contributed by atoms with E-state index in [9.17, 15) is 4.79 Å². The van der Waals surface area contributed by atoms with Crippen LogP contribution in [0.1, 0.15) is 42.5 Å². The van der Waals surface area contributed by atoms with Crippen molar-refractivity contribution in [3.63, 3.8) is 0 Å². The number of fused-ring (bicyclic) bond motifs is 2. The summed E-state index contributed by atoms with van der Waals surface area (Å²) in [6, 6.07) is 9.78. The molecule has 0 amide bonds. The summed E-state index contributed by atoms with van der Waals surface area (Å²) in [6.07, 6.45) is 5.99. The molecule has 0 spiro atoms. The van der Waals surface area contributed by atoms with Crippen LogP contribution in [0.2, 0.25) is 19.6 Å². The summed E-state index contributed by atoms with van der Waals surface area (Å²) in [7, 11) is 0.972. The highest BCUT2D eigenvalue weighted by Crippen LogP contribution is 2.37. The third-order valence-electron chi connectivity index (χ3n) is 5.75. The van der Waals surface area contributed by atoms with E-state index < -0.39 is 8.07 Å². The standard InChI is InChI=1S/C19H29NOSi/c1-20-16-6-5-7-17(20)13-15(12-16)19(21)14-8-10-18(11-9-14)22(2,3)4/h8-11,15-17H,5-7,12-13H2,1-4H3. The molecule has 0 aromatic heterocycles. The zero-order valence-electron chi connectivity index (χ0n) is 14.4. The van der Waals surface area contributed by atoms with Gasteiger partial charge in [0.05, 0.1) is 8.07 Å². The molecule has 2 bridgehead atoms. The lowest BCUT2D eigenvalue weighted by Gasteiger charge is -2.46. The summed E-state index contributed by atoms with van der Waals surface area (Å²) in [6.45, 7) is 7.05. The number of rotatable bonds is 3. The zero-order chi connectivity index (χ0) is 15.9. The van der Waals surface area contributed by atoms with Crippen molar-refractivity contribution in [2.45, 2.75) is 63.8 Å². The molecule has 2 saturated heterocycles. The van der Waals surface area contributed by atoms with E-state index in [1.54, 1.807) is 0 Å². The van der Waals surface area contributed by atoms with Crippen LogP contribution in [0.3, 0.4) is 0 Å². The van der Waals surface area contributed by atoms with Gasteiger partial charge in [-0.3, -0.25) is 4.79 Å². The first-order chi connectivity index (χ1) is 10.4. The van der Waals surface area contributed by atoms with Gasteiger partial charge in [0, 0.05) is 23.6 Å². The average Bonchev–Trinajstić information content (AvgIpc) is 2.45. The van der Waals surface area contributed by atoms with Crippen LogP contribution in [-0.2, 0) is 0 Å². The molecule has 3 heteroatoms. The van der Waals surface area contributed by atoms with Crippen molar-refractivity contribution in [3.05, 3.63) is 29.8 Å². The van der Waals surface area contributed by atoms with Crippen molar-refractivity contribution >= 4 is 19.0 Å².